The fraction of sp³-hybridized carbons (Fsp3) is 0.111. The maximum Gasteiger partial charge on any atom is 0.326 e. The summed E-state index contributed by atoms with van der Waals surface area (Å²) < 4.78 is 0. The summed E-state index contributed by atoms with van der Waals surface area (Å²) in [6.45, 7) is 0. The van der Waals surface area contributed by atoms with Crippen LogP contribution in [0.1, 0.15) is 5.56 Å². The Kier molecular flexibility index (Phi) is 6.04. The second kappa shape index (κ2) is 8.27. The minimum absolute atomic E-state index is 0.309. The number of benzene rings is 2. The summed E-state index contributed by atoms with van der Waals surface area (Å²) >= 11 is 19.3. The number of hydrogen-bond donors (Lipinski definition) is 2. The molecule has 1 heterocycles. The summed E-state index contributed by atoms with van der Waals surface area (Å²) in [5, 5.41) is 16.4. The molecule has 0 aliphatic heterocycles. The van der Waals surface area contributed by atoms with Gasteiger partial charge in [-0.3, -0.25) is 0 Å². The average Bonchev–Trinajstić information content (AvgIpc) is 3.04. The summed E-state index contributed by atoms with van der Waals surface area (Å²) in [6.07, 6.45) is 0.309. The predicted molar refractivity (Wildman–Crippen MR) is 108 cm³/mol. The second-order valence-corrected chi connectivity index (χ2v) is 7.67. The van der Waals surface area contributed by atoms with Crippen molar-refractivity contribution in [3.63, 3.8) is 0 Å². The molecule has 8 heteroatoms. The van der Waals surface area contributed by atoms with Crippen molar-refractivity contribution in [3.05, 3.63) is 68.5 Å². The van der Waals surface area contributed by atoms with Crippen molar-refractivity contribution in [1.29, 1.82) is 0 Å². The summed E-state index contributed by atoms with van der Waals surface area (Å²) in [5.74, 6) is -0.957. The Morgan fingerprint density at radius 3 is 2.46 bits per heavy atom. The van der Waals surface area contributed by atoms with Gasteiger partial charge >= 0.3 is 5.97 Å². The Morgan fingerprint density at radius 2 is 1.81 bits per heavy atom. The maximum absolute atomic E-state index is 11.6. The standard InChI is InChI=1S/C18H13Cl3N2O2S/c19-11-3-1-10(2-4-11)7-15(17(24)25)22-18-23-16(9-26-18)13-6-5-12(20)8-14(13)21/h1-6,8-9,15H,7H2,(H,22,23)(H,24,25). The van der Waals surface area contributed by atoms with E-state index in [0.717, 1.165) is 11.1 Å². The number of anilines is 1. The molecule has 26 heavy (non-hydrogen) atoms. The first kappa shape index (κ1) is 19.0. The fourth-order valence-electron chi connectivity index (χ4n) is 2.37. The van der Waals surface area contributed by atoms with E-state index in [0.29, 0.717) is 32.3 Å². The van der Waals surface area contributed by atoms with Crippen molar-refractivity contribution in [1.82, 2.24) is 4.98 Å². The number of hydrogen-bond acceptors (Lipinski definition) is 4. The number of nitrogens with zero attached hydrogens (tertiary/aromatic N) is 1. The van der Waals surface area contributed by atoms with Gasteiger partial charge in [-0.2, -0.15) is 0 Å². The number of carbonyl (C=O) groups is 1. The summed E-state index contributed by atoms with van der Waals surface area (Å²) in [5.41, 5.74) is 2.27. The first-order valence-electron chi connectivity index (χ1n) is 7.57. The van der Waals surface area contributed by atoms with E-state index in [4.69, 9.17) is 34.8 Å². The lowest BCUT2D eigenvalue weighted by atomic mass is 10.1. The van der Waals surface area contributed by atoms with Crippen LogP contribution in [0, 0.1) is 0 Å². The van der Waals surface area contributed by atoms with E-state index >= 15 is 0 Å². The number of thiazole rings is 1. The molecule has 134 valence electrons. The highest BCUT2D eigenvalue weighted by molar-refractivity contribution is 7.14. The van der Waals surface area contributed by atoms with Gasteiger partial charge in [-0.15, -0.1) is 11.3 Å². The SMILES string of the molecule is O=C(O)C(Cc1ccc(Cl)cc1)Nc1nc(-c2ccc(Cl)cc2Cl)cs1. The highest BCUT2D eigenvalue weighted by Gasteiger charge is 2.20. The Bertz CT molecular complexity index is 928. The second-order valence-electron chi connectivity index (χ2n) is 5.53. The van der Waals surface area contributed by atoms with E-state index in [1.54, 1.807) is 42.5 Å². The Labute approximate surface area is 169 Å². The van der Waals surface area contributed by atoms with Crippen LogP contribution in [0.2, 0.25) is 15.1 Å². The molecular weight excluding hydrogens is 415 g/mol. The van der Waals surface area contributed by atoms with Crippen molar-refractivity contribution < 1.29 is 9.90 Å². The van der Waals surface area contributed by atoms with E-state index in [-0.39, 0.29) is 0 Å². The van der Waals surface area contributed by atoms with Gasteiger partial charge in [0, 0.05) is 27.4 Å². The molecule has 1 aromatic heterocycles. The van der Waals surface area contributed by atoms with Gasteiger partial charge in [-0.05, 0) is 35.9 Å². The zero-order valence-electron chi connectivity index (χ0n) is 13.2. The van der Waals surface area contributed by atoms with E-state index < -0.39 is 12.0 Å². The lowest BCUT2D eigenvalue weighted by molar-refractivity contribution is -0.137. The van der Waals surface area contributed by atoms with E-state index in [9.17, 15) is 9.90 Å². The molecule has 0 saturated carbocycles. The monoisotopic (exact) mass is 426 g/mol. The first-order chi connectivity index (χ1) is 12.4. The minimum Gasteiger partial charge on any atom is -0.480 e. The molecule has 4 nitrogen and oxygen atoms in total. The Balaban J connectivity index is 1.77. The largest absolute Gasteiger partial charge is 0.480 e. The zero-order valence-corrected chi connectivity index (χ0v) is 16.3. The van der Waals surface area contributed by atoms with Crippen LogP contribution in [0.25, 0.3) is 11.3 Å². The van der Waals surface area contributed by atoms with Crippen LogP contribution < -0.4 is 5.32 Å². The van der Waals surface area contributed by atoms with Gasteiger partial charge in [0.15, 0.2) is 5.13 Å². The molecular formula is C18H13Cl3N2O2S. The molecule has 0 fully saturated rings. The number of aromatic nitrogens is 1. The Hall–Kier alpha value is -1.79. The van der Waals surface area contributed by atoms with Crippen molar-refractivity contribution in [2.45, 2.75) is 12.5 Å². The Morgan fingerprint density at radius 1 is 1.12 bits per heavy atom. The molecule has 2 N–H and O–H groups in total. The maximum atomic E-state index is 11.6. The topological polar surface area (TPSA) is 62.2 Å². The smallest absolute Gasteiger partial charge is 0.326 e. The van der Waals surface area contributed by atoms with Gasteiger partial charge in [0.1, 0.15) is 6.04 Å². The third kappa shape index (κ3) is 4.68. The van der Waals surface area contributed by atoms with Crippen LogP contribution >= 0.6 is 46.1 Å². The number of carboxylic acids is 1. The molecule has 0 bridgehead atoms. The van der Waals surface area contributed by atoms with Gasteiger partial charge in [-0.1, -0.05) is 46.9 Å². The quantitative estimate of drug-likeness (QED) is 0.516. The van der Waals surface area contributed by atoms with Crippen LogP contribution in [0.15, 0.2) is 47.8 Å². The molecule has 0 radical (unpaired) electrons. The minimum atomic E-state index is -0.957. The third-order valence-corrected chi connectivity index (χ3v) is 5.23. The number of carboxylic acid groups (broad SMARTS) is 1. The number of aliphatic carboxylic acids is 1. The van der Waals surface area contributed by atoms with Crippen LogP contribution in [0.5, 0.6) is 0 Å². The van der Waals surface area contributed by atoms with E-state index in [1.807, 2.05) is 5.38 Å². The number of halogens is 3. The lowest BCUT2D eigenvalue weighted by Crippen LogP contribution is -2.31. The summed E-state index contributed by atoms with van der Waals surface area (Å²) in [4.78, 5) is 16.0. The molecule has 0 aliphatic rings. The molecule has 0 aliphatic carbocycles. The molecule has 3 aromatic rings. The summed E-state index contributed by atoms with van der Waals surface area (Å²) in [7, 11) is 0. The molecule has 1 atom stereocenters. The molecule has 2 aromatic carbocycles. The van der Waals surface area contributed by atoms with Crippen molar-refractivity contribution in [3.8, 4) is 11.3 Å². The van der Waals surface area contributed by atoms with Crippen LogP contribution in [-0.2, 0) is 11.2 Å². The average molecular weight is 428 g/mol. The van der Waals surface area contributed by atoms with Crippen LogP contribution in [-0.4, -0.2) is 22.1 Å². The van der Waals surface area contributed by atoms with Gasteiger partial charge in [0.05, 0.1) is 10.7 Å². The highest BCUT2D eigenvalue weighted by atomic mass is 35.5. The van der Waals surface area contributed by atoms with Crippen molar-refractivity contribution in [2.24, 2.45) is 0 Å². The normalized spacial score (nSPS) is 12.0. The first-order valence-corrected chi connectivity index (χ1v) is 9.58. The van der Waals surface area contributed by atoms with E-state index in [2.05, 4.69) is 10.3 Å². The molecule has 0 amide bonds. The number of rotatable bonds is 6. The van der Waals surface area contributed by atoms with Crippen LogP contribution in [0.4, 0.5) is 5.13 Å². The lowest BCUT2D eigenvalue weighted by Gasteiger charge is -2.13. The van der Waals surface area contributed by atoms with Crippen LogP contribution in [0.3, 0.4) is 0 Å². The van der Waals surface area contributed by atoms with E-state index in [1.165, 1.54) is 11.3 Å². The molecule has 3 rings (SSSR count). The molecule has 0 spiro atoms. The predicted octanol–water partition coefficient (Wildman–Crippen LogP) is 5.88. The number of nitrogens with one attached hydrogen (secondary N) is 1. The van der Waals surface area contributed by atoms with Gasteiger partial charge in [0.2, 0.25) is 0 Å². The molecule has 1 unspecified atom stereocenters. The zero-order chi connectivity index (χ0) is 18.7. The highest BCUT2D eigenvalue weighted by Crippen LogP contribution is 2.32. The third-order valence-electron chi connectivity index (χ3n) is 3.66. The van der Waals surface area contributed by atoms with Gasteiger partial charge < -0.3 is 10.4 Å². The van der Waals surface area contributed by atoms with Crippen molar-refractivity contribution >= 4 is 57.2 Å². The van der Waals surface area contributed by atoms with Gasteiger partial charge in [0.25, 0.3) is 0 Å². The fourth-order valence-corrected chi connectivity index (χ4v) is 3.76. The molecule has 0 saturated heterocycles. The van der Waals surface area contributed by atoms with Gasteiger partial charge in [-0.25, -0.2) is 9.78 Å². The van der Waals surface area contributed by atoms with Crippen molar-refractivity contribution in [2.75, 3.05) is 5.32 Å². The summed E-state index contributed by atoms with van der Waals surface area (Å²) in [6, 6.07) is 11.4.